The average molecular weight is 444 g/mol. The van der Waals surface area contributed by atoms with Crippen molar-refractivity contribution in [2.45, 2.75) is 30.6 Å². The van der Waals surface area contributed by atoms with E-state index in [0.717, 1.165) is 36.2 Å². The number of benzene rings is 2. The molecule has 0 radical (unpaired) electrons. The SMILES string of the molecule is O=C(C1CCC1)N1CCc2cc(S(=O)(=O)N3CCN(c4ccc(F)cc4)CC3)ccc21. The molecule has 2 aromatic carbocycles. The minimum Gasteiger partial charge on any atom is -0.369 e. The van der Waals surface area contributed by atoms with E-state index in [-0.39, 0.29) is 17.6 Å². The van der Waals surface area contributed by atoms with Gasteiger partial charge in [0.2, 0.25) is 15.9 Å². The summed E-state index contributed by atoms with van der Waals surface area (Å²) >= 11 is 0. The number of sulfonamides is 1. The zero-order chi connectivity index (χ0) is 21.6. The van der Waals surface area contributed by atoms with E-state index >= 15 is 0 Å². The van der Waals surface area contributed by atoms with Gasteiger partial charge in [0.25, 0.3) is 0 Å². The summed E-state index contributed by atoms with van der Waals surface area (Å²) in [6.07, 6.45) is 3.72. The second-order valence-corrected chi connectivity index (χ2v) is 10.5. The van der Waals surface area contributed by atoms with E-state index in [1.807, 2.05) is 4.90 Å². The number of halogens is 1. The largest absolute Gasteiger partial charge is 0.369 e. The molecule has 0 spiro atoms. The van der Waals surface area contributed by atoms with Crippen LogP contribution in [-0.2, 0) is 21.2 Å². The molecule has 31 heavy (non-hydrogen) atoms. The van der Waals surface area contributed by atoms with Crippen molar-refractivity contribution in [3.05, 3.63) is 53.8 Å². The van der Waals surface area contributed by atoms with Crippen molar-refractivity contribution >= 4 is 27.3 Å². The van der Waals surface area contributed by atoms with Crippen molar-refractivity contribution in [3.63, 3.8) is 0 Å². The first-order chi connectivity index (χ1) is 14.9. The molecule has 0 bridgehead atoms. The Balaban J connectivity index is 1.29. The molecule has 6 nitrogen and oxygen atoms in total. The number of hydrogen-bond donors (Lipinski definition) is 0. The Morgan fingerprint density at radius 2 is 1.65 bits per heavy atom. The molecule has 1 saturated heterocycles. The predicted octanol–water partition coefficient (Wildman–Crippen LogP) is 3.03. The van der Waals surface area contributed by atoms with Crippen LogP contribution in [-0.4, -0.2) is 51.4 Å². The lowest BCUT2D eigenvalue weighted by molar-refractivity contribution is -0.124. The van der Waals surface area contributed by atoms with Crippen molar-refractivity contribution in [1.29, 1.82) is 0 Å². The molecule has 5 rings (SSSR count). The first-order valence-corrected chi connectivity index (χ1v) is 12.3. The molecular weight excluding hydrogens is 417 g/mol. The lowest BCUT2D eigenvalue weighted by Gasteiger charge is -2.35. The van der Waals surface area contributed by atoms with Crippen molar-refractivity contribution in [3.8, 4) is 0 Å². The molecule has 0 N–H and O–H groups in total. The molecule has 2 fully saturated rings. The summed E-state index contributed by atoms with van der Waals surface area (Å²) in [7, 11) is -3.60. The van der Waals surface area contributed by atoms with Gasteiger partial charge in [-0.1, -0.05) is 6.42 Å². The van der Waals surface area contributed by atoms with Gasteiger partial charge in [-0.05, 0) is 67.3 Å². The molecule has 0 unspecified atom stereocenters. The number of anilines is 2. The number of carbonyl (C=O) groups is 1. The van der Waals surface area contributed by atoms with Crippen LogP contribution < -0.4 is 9.80 Å². The Morgan fingerprint density at radius 3 is 2.29 bits per heavy atom. The molecule has 1 saturated carbocycles. The number of fused-ring (bicyclic) bond motifs is 1. The van der Waals surface area contributed by atoms with Crippen LogP contribution in [0.1, 0.15) is 24.8 Å². The number of hydrogen-bond acceptors (Lipinski definition) is 4. The normalized spacial score (nSPS) is 19.9. The minimum absolute atomic E-state index is 0.131. The minimum atomic E-state index is -3.60. The Hall–Kier alpha value is -2.45. The summed E-state index contributed by atoms with van der Waals surface area (Å²) < 4.78 is 41.1. The van der Waals surface area contributed by atoms with E-state index in [1.54, 1.807) is 30.3 Å². The van der Waals surface area contributed by atoms with Gasteiger partial charge in [-0.2, -0.15) is 4.31 Å². The second kappa shape index (κ2) is 7.91. The van der Waals surface area contributed by atoms with Crippen LogP contribution in [0.4, 0.5) is 15.8 Å². The smallest absolute Gasteiger partial charge is 0.243 e. The third-order valence-electron chi connectivity index (χ3n) is 6.74. The van der Waals surface area contributed by atoms with Crippen molar-refractivity contribution in [2.24, 2.45) is 5.92 Å². The van der Waals surface area contributed by atoms with E-state index in [1.165, 1.54) is 16.4 Å². The zero-order valence-electron chi connectivity index (χ0n) is 17.3. The molecule has 1 amide bonds. The van der Waals surface area contributed by atoms with Crippen LogP contribution in [0.5, 0.6) is 0 Å². The van der Waals surface area contributed by atoms with Gasteiger partial charge in [0.15, 0.2) is 0 Å². The van der Waals surface area contributed by atoms with Crippen molar-refractivity contribution in [1.82, 2.24) is 4.31 Å². The van der Waals surface area contributed by atoms with Gasteiger partial charge in [-0.3, -0.25) is 4.79 Å². The summed E-state index contributed by atoms with van der Waals surface area (Å²) in [4.78, 5) is 16.8. The maximum absolute atomic E-state index is 13.2. The van der Waals surface area contributed by atoms with E-state index in [9.17, 15) is 17.6 Å². The summed E-state index contributed by atoms with van der Waals surface area (Å²) in [6.45, 7) is 2.50. The van der Waals surface area contributed by atoms with Crippen molar-refractivity contribution < 1.29 is 17.6 Å². The Morgan fingerprint density at radius 1 is 0.935 bits per heavy atom. The average Bonchev–Trinajstić information content (AvgIpc) is 3.16. The summed E-state index contributed by atoms with van der Waals surface area (Å²) in [5, 5.41) is 0. The van der Waals surface area contributed by atoms with E-state index in [2.05, 4.69) is 4.90 Å². The predicted molar refractivity (Wildman–Crippen MR) is 117 cm³/mol. The van der Waals surface area contributed by atoms with Crippen molar-refractivity contribution in [2.75, 3.05) is 42.5 Å². The van der Waals surface area contributed by atoms with E-state index in [0.29, 0.717) is 44.0 Å². The van der Waals surface area contributed by atoms with Crippen LogP contribution in [0.3, 0.4) is 0 Å². The number of carbonyl (C=O) groups excluding carboxylic acids is 1. The summed E-state index contributed by atoms with van der Waals surface area (Å²) in [6, 6.07) is 11.4. The van der Waals surface area contributed by atoms with E-state index in [4.69, 9.17) is 0 Å². The molecule has 0 atom stereocenters. The molecule has 3 aliphatic rings. The maximum atomic E-state index is 13.2. The molecule has 8 heteroatoms. The fraction of sp³-hybridized carbons (Fsp3) is 0.435. The fourth-order valence-electron chi connectivity index (χ4n) is 4.63. The zero-order valence-corrected chi connectivity index (χ0v) is 18.2. The van der Waals surface area contributed by atoms with Gasteiger partial charge in [-0.15, -0.1) is 0 Å². The lowest BCUT2D eigenvalue weighted by atomic mass is 9.84. The topological polar surface area (TPSA) is 60.9 Å². The first-order valence-electron chi connectivity index (χ1n) is 10.9. The Kier molecular flexibility index (Phi) is 5.22. The molecule has 1 aliphatic carbocycles. The fourth-order valence-corrected chi connectivity index (χ4v) is 6.10. The second-order valence-electron chi connectivity index (χ2n) is 8.53. The van der Waals surface area contributed by atoms with Gasteiger partial charge in [-0.25, -0.2) is 12.8 Å². The molecule has 164 valence electrons. The highest BCUT2D eigenvalue weighted by Crippen LogP contribution is 2.36. The number of nitrogens with zero attached hydrogens (tertiary/aromatic N) is 3. The monoisotopic (exact) mass is 443 g/mol. The standard InChI is InChI=1S/C23H26FN3O3S/c24-19-4-6-20(7-5-19)25-12-14-26(15-13-25)31(29,30)21-8-9-22-18(16-21)10-11-27(22)23(28)17-2-1-3-17/h4-9,16-17H,1-3,10-15H2. The molecular formula is C23H26FN3O3S. The molecule has 0 aromatic heterocycles. The number of rotatable bonds is 4. The van der Waals surface area contributed by atoms with Crippen LogP contribution in [0.2, 0.25) is 0 Å². The lowest BCUT2D eigenvalue weighted by Crippen LogP contribution is -2.48. The first kappa shape index (κ1) is 20.5. The summed E-state index contributed by atoms with van der Waals surface area (Å²) in [5.41, 5.74) is 2.68. The van der Waals surface area contributed by atoms with Gasteiger partial charge >= 0.3 is 0 Å². The third kappa shape index (κ3) is 3.72. The third-order valence-corrected chi connectivity index (χ3v) is 8.63. The Labute approximate surface area is 182 Å². The van der Waals surface area contributed by atoms with Gasteiger partial charge in [0.1, 0.15) is 5.82 Å². The molecule has 2 heterocycles. The molecule has 2 aliphatic heterocycles. The summed E-state index contributed by atoms with van der Waals surface area (Å²) in [5.74, 6) is 0.0267. The van der Waals surface area contributed by atoms with Crippen LogP contribution in [0.25, 0.3) is 0 Å². The highest BCUT2D eigenvalue weighted by molar-refractivity contribution is 7.89. The van der Waals surface area contributed by atoms with Crippen LogP contribution in [0.15, 0.2) is 47.4 Å². The molecule has 2 aromatic rings. The number of piperazine rings is 1. The van der Waals surface area contributed by atoms with Crippen LogP contribution >= 0.6 is 0 Å². The highest BCUT2D eigenvalue weighted by atomic mass is 32.2. The quantitative estimate of drug-likeness (QED) is 0.729. The maximum Gasteiger partial charge on any atom is 0.243 e. The van der Waals surface area contributed by atoms with Gasteiger partial charge in [0, 0.05) is 50.0 Å². The highest BCUT2D eigenvalue weighted by Gasteiger charge is 2.35. The van der Waals surface area contributed by atoms with Crippen LogP contribution in [0, 0.1) is 11.7 Å². The Bertz CT molecular complexity index is 1090. The van der Waals surface area contributed by atoms with E-state index < -0.39 is 10.0 Å². The number of amides is 1. The van der Waals surface area contributed by atoms with Gasteiger partial charge in [0.05, 0.1) is 4.90 Å². The van der Waals surface area contributed by atoms with Gasteiger partial charge < -0.3 is 9.80 Å².